The van der Waals surface area contributed by atoms with Gasteiger partial charge in [0.1, 0.15) is 6.79 Å². The van der Waals surface area contributed by atoms with Gasteiger partial charge in [0.05, 0.1) is 12.2 Å². The topological polar surface area (TPSA) is 42.2 Å². The van der Waals surface area contributed by atoms with E-state index in [1.807, 2.05) is 0 Å². The van der Waals surface area contributed by atoms with Crippen LogP contribution >= 0.6 is 0 Å². The van der Waals surface area contributed by atoms with E-state index in [9.17, 15) is 5.26 Å². The number of fused-ring (bicyclic) bond motifs is 5. The third kappa shape index (κ3) is 2.67. The molecule has 0 saturated heterocycles. The monoisotopic (exact) mass is 345 g/mol. The van der Waals surface area contributed by atoms with Crippen LogP contribution in [0, 0.1) is 51.8 Å². The van der Waals surface area contributed by atoms with E-state index in [-0.39, 0.29) is 0 Å². The molecule has 4 fully saturated rings. The second kappa shape index (κ2) is 6.54. The highest BCUT2D eigenvalue weighted by molar-refractivity contribution is 5.10. The Hall–Kier alpha value is -0.590. The van der Waals surface area contributed by atoms with Gasteiger partial charge in [-0.3, -0.25) is 0 Å². The number of hydrogen-bond acceptors (Lipinski definition) is 3. The number of hydrogen-bond donors (Lipinski definition) is 0. The van der Waals surface area contributed by atoms with Crippen molar-refractivity contribution < 1.29 is 9.47 Å². The van der Waals surface area contributed by atoms with Crippen LogP contribution in [-0.4, -0.2) is 20.0 Å². The van der Waals surface area contributed by atoms with Gasteiger partial charge in [-0.15, -0.1) is 0 Å². The van der Waals surface area contributed by atoms with Gasteiger partial charge in [-0.25, -0.2) is 0 Å². The van der Waals surface area contributed by atoms with Gasteiger partial charge in [-0.05, 0) is 92.3 Å². The molecule has 4 aliphatic carbocycles. The predicted molar refractivity (Wildman–Crippen MR) is 97.6 cm³/mol. The average molecular weight is 346 g/mol. The summed E-state index contributed by atoms with van der Waals surface area (Å²) in [6.45, 7) is 5.53. The number of ether oxygens (including phenoxy) is 2. The molecule has 3 nitrogen and oxygen atoms in total. The highest BCUT2D eigenvalue weighted by Crippen LogP contribution is 2.66. The van der Waals surface area contributed by atoms with E-state index in [1.54, 1.807) is 7.11 Å². The predicted octanol–water partition coefficient (Wildman–Crippen LogP) is 5.16. The van der Waals surface area contributed by atoms with Crippen molar-refractivity contribution in [2.24, 2.45) is 40.4 Å². The molecule has 0 bridgehead atoms. The van der Waals surface area contributed by atoms with E-state index >= 15 is 0 Å². The summed E-state index contributed by atoms with van der Waals surface area (Å²) in [5, 5.41) is 9.38. The van der Waals surface area contributed by atoms with Crippen LogP contribution in [0.1, 0.15) is 71.6 Å². The summed E-state index contributed by atoms with van der Waals surface area (Å²) in [4.78, 5) is 0. The standard InChI is InChI=1S/C22H35NO2/c1-21-10-8-15(13-23)12-16(21)4-5-17-18-6-7-20(25-14-24-3)22(18,2)11-9-19(17)21/h15-20H,4-12,14H2,1-3H3/t15?,16?,17-,18-,19-,20-,21-,22-/m0/s1. The molecule has 0 aromatic carbocycles. The number of nitriles is 1. The lowest BCUT2D eigenvalue weighted by molar-refractivity contribution is -0.154. The molecule has 4 saturated carbocycles. The fraction of sp³-hybridized carbons (Fsp3) is 0.955. The first-order chi connectivity index (χ1) is 12.0. The fourth-order valence-electron chi connectivity index (χ4n) is 7.75. The molecule has 0 aromatic heterocycles. The summed E-state index contributed by atoms with van der Waals surface area (Å²) in [7, 11) is 1.73. The molecule has 25 heavy (non-hydrogen) atoms. The quantitative estimate of drug-likeness (QED) is 0.664. The Morgan fingerprint density at radius 1 is 0.960 bits per heavy atom. The molecule has 0 aliphatic heterocycles. The van der Waals surface area contributed by atoms with Gasteiger partial charge in [-0.1, -0.05) is 13.8 Å². The van der Waals surface area contributed by atoms with Crippen LogP contribution in [-0.2, 0) is 9.47 Å². The van der Waals surface area contributed by atoms with E-state index in [2.05, 4.69) is 19.9 Å². The van der Waals surface area contributed by atoms with Crippen LogP contribution in [0.3, 0.4) is 0 Å². The Morgan fingerprint density at radius 3 is 2.48 bits per heavy atom. The van der Waals surface area contributed by atoms with Gasteiger partial charge in [0.2, 0.25) is 0 Å². The molecule has 140 valence electrons. The highest BCUT2D eigenvalue weighted by Gasteiger charge is 2.60. The van der Waals surface area contributed by atoms with E-state index in [0.717, 1.165) is 36.5 Å². The molecule has 0 amide bonds. The number of methoxy groups -OCH3 is 1. The summed E-state index contributed by atoms with van der Waals surface area (Å²) in [6.07, 6.45) is 11.9. The normalized spacial score (nSPS) is 51.9. The zero-order valence-corrected chi connectivity index (χ0v) is 16.3. The maximum atomic E-state index is 9.38. The number of nitrogens with zero attached hydrogens (tertiary/aromatic N) is 1. The van der Waals surface area contributed by atoms with Gasteiger partial charge in [0.15, 0.2) is 0 Å². The third-order valence-electron chi connectivity index (χ3n) is 9.15. The first-order valence-electron chi connectivity index (χ1n) is 10.5. The van der Waals surface area contributed by atoms with E-state index in [4.69, 9.17) is 9.47 Å². The molecule has 0 radical (unpaired) electrons. The van der Waals surface area contributed by atoms with Crippen molar-refractivity contribution in [1.29, 1.82) is 5.26 Å². The Bertz CT molecular complexity index is 543. The SMILES string of the molecule is COCO[C@H]1CC[C@H]2[C@@H]3CCC4CC(C#N)CC[C@]4(C)[C@H]3CC[C@]12C. The minimum absolute atomic E-state index is 0.321. The van der Waals surface area contributed by atoms with E-state index in [0.29, 0.717) is 29.6 Å². The molecule has 0 N–H and O–H groups in total. The van der Waals surface area contributed by atoms with E-state index < -0.39 is 0 Å². The summed E-state index contributed by atoms with van der Waals surface area (Å²) >= 11 is 0. The van der Waals surface area contributed by atoms with Gasteiger partial charge < -0.3 is 9.47 Å². The molecule has 3 heteroatoms. The molecular formula is C22H35NO2. The van der Waals surface area contributed by atoms with Gasteiger partial charge in [0, 0.05) is 13.0 Å². The smallest absolute Gasteiger partial charge is 0.146 e. The van der Waals surface area contributed by atoms with Crippen molar-refractivity contribution in [3.63, 3.8) is 0 Å². The average Bonchev–Trinajstić information content (AvgIpc) is 2.95. The van der Waals surface area contributed by atoms with Crippen molar-refractivity contribution in [1.82, 2.24) is 0 Å². The second-order valence-electron chi connectivity index (χ2n) is 9.94. The largest absolute Gasteiger partial charge is 0.359 e. The number of rotatable bonds is 3. The van der Waals surface area contributed by atoms with Gasteiger partial charge in [0.25, 0.3) is 0 Å². The fourth-order valence-corrected chi connectivity index (χ4v) is 7.75. The van der Waals surface area contributed by atoms with Gasteiger partial charge >= 0.3 is 0 Å². The molecule has 0 spiro atoms. The van der Waals surface area contributed by atoms with Crippen LogP contribution in [0.5, 0.6) is 0 Å². The van der Waals surface area contributed by atoms with Crippen molar-refractivity contribution in [2.75, 3.05) is 13.9 Å². The molecule has 0 heterocycles. The molecule has 2 unspecified atom stereocenters. The Balaban J connectivity index is 1.53. The lowest BCUT2D eigenvalue weighted by atomic mass is 9.44. The Kier molecular flexibility index (Phi) is 4.66. The lowest BCUT2D eigenvalue weighted by Gasteiger charge is -2.60. The second-order valence-corrected chi connectivity index (χ2v) is 9.94. The van der Waals surface area contributed by atoms with E-state index in [1.165, 1.54) is 44.9 Å². The van der Waals surface area contributed by atoms with Crippen molar-refractivity contribution in [3.8, 4) is 6.07 Å². The molecule has 4 rings (SSSR count). The summed E-state index contributed by atoms with van der Waals surface area (Å²) in [5.74, 6) is 3.71. The summed E-state index contributed by atoms with van der Waals surface area (Å²) in [5.41, 5.74) is 0.843. The minimum Gasteiger partial charge on any atom is -0.359 e. The maximum absolute atomic E-state index is 9.38. The van der Waals surface area contributed by atoms with Crippen molar-refractivity contribution >= 4 is 0 Å². The van der Waals surface area contributed by atoms with Crippen LogP contribution in [0.2, 0.25) is 0 Å². The molecular weight excluding hydrogens is 310 g/mol. The Morgan fingerprint density at radius 2 is 1.72 bits per heavy atom. The van der Waals surface area contributed by atoms with Crippen molar-refractivity contribution in [3.05, 3.63) is 0 Å². The molecule has 4 aliphatic rings. The highest BCUT2D eigenvalue weighted by atomic mass is 16.7. The summed E-state index contributed by atoms with van der Waals surface area (Å²) in [6, 6.07) is 2.57. The molecule has 0 aromatic rings. The maximum Gasteiger partial charge on any atom is 0.146 e. The first-order valence-corrected chi connectivity index (χ1v) is 10.5. The minimum atomic E-state index is 0.321. The van der Waals surface area contributed by atoms with Crippen LogP contribution in [0.15, 0.2) is 0 Å². The van der Waals surface area contributed by atoms with Crippen molar-refractivity contribution in [2.45, 2.75) is 77.7 Å². The third-order valence-corrected chi connectivity index (χ3v) is 9.15. The first kappa shape index (κ1) is 17.8. The Labute approximate surface area is 153 Å². The van der Waals surface area contributed by atoms with Crippen LogP contribution in [0.25, 0.3) is 0 Å². The van der Waals surface area contributed by atoms with Gasteiger partial charge in [-0.2, -0.15) is 5.26 Å². The van der Waals surface area contributed by atoms with Crippen LogP contribution in [0.4, 0.5) is 0 Å². The lowest BCUT2D eigenvalue weighted by Crippen LogP contribution is -2.54. The zero-order valence-electron chi connectivity index (χ0n) is 16.3. The molecule has 8 atom stereocenters. The van der Waals surface area contributed by atoms with Crippen LogP contribution < -0.4 is 0 Å². The summed E-state index contributed by atoms with van der Waals surface area (Å²) < 4.78 is 11.3. The zero-order chi connectivity index (χ0) is 17.7.